The molecule has 0 fully saturated rings. The second kappa shape index (κ2) is 27.1. The third-order valence-corrected chi connectivity index (χ3v) is 23.9. The summed E-state index contributed by atoms with van der Waals surface area (Å²) in [5, 5.41) is 16.8. The van der Waals surface area contributed by atoms with E-state index in [-0.39, 0.29) is 28.4 Å². The normalized spacial score (nSPS) is 12.9. The predicted molar refractivity (Wildman–Crippen MR) is 485 cm³/mol. The van der Waals surface area contributed by atoms with Crippen LogP contribution in [0.1, 0.15) is 111 Å². The summed E-state index contributed by atoms with van der Waals surface area (Å²) in [5.74, 6) is 0. The van der Waals surface area contributed by atoms with Gasteiger partial charge in [0, 0.05) is 89.3 Å². The molecular weight excluding hydrogens is 1380 g/mol. The maximum absolute atomic E-state index is 11.9. The first-order chi connectivity index (χ1) is 55.0. The molecule has 19 rings (SSSR count). The number of para-hydroxylation sites is 5. The molecule has 0 spiro atoms. The van der Waals surface area contributed by atoms with Gasteiger partial charge in [-0.25, -0.2) is 0 Å². The molecule has 0 atom stereocenters. The topological polar surface area (TPSA) is 43.4 Å². The summed E-state index contributed by atoms with van der Waals surface area (Å²) in [7, 11) is 0. The molecular formula is C107H91BN6. The Hall–Kier alpha value is -13.1. The number of fused-ring (bicyclic) bond motifs is 10. The molecule has 7 heteroatoms. The summed E-state index contributed by atoms with van der Waals surface area (Å²) < 4.78 is 5.02. The summed E-state index contributed by atoms with van der Waals surface area (Å²) in [6, 6.07) is 127. The van der Waals surface area contributed by atoms with Crippen LogP contribution in [0.2, 0.25) is 0 Å². The second-order valence-corrected chi connectivity index (χ2v) is 35.3. The van der Waals surface area contributed by atoms with Gasteiger partial charge in [0.1, 0.15) is 0 Å². The van der Waals surface area contributed by atoms with Gasteiger partial charge in [-0.15, -0.1) is 0 Å². The van der Waals surface area contributed by atoms with Crippen LogP contribution in [0.5, 0.6) is 0 Å². The fraction of sp³-hybridized carbons (Fsp3) is 0.150. The van der Waals surface area contributed by atoms with Crippen LogP contribution < -0.4 is 31.1 Å². The molecule has 0 aliphatic carbocycles. The zero-order valence-electron chi connectivity index (χ0n) is 67.0. The highest BCUT2D eigenvalue weighted by molar-refractivity contribution is 7.00. The number of nitriles is 1. The molecule has 2 aliphatic rings. The molecule has 0 N–H and O–H groups in total. The highest BCUT2D eigenvalue weighted by atomic mass is 15.2. The highest BCUT2D eigenvalue weighted by Gasteiger charge is 2.46. The Balaban J connectivity index is 0.967. The molecule has 15 aromatic carbocycles. The van der Waals surface area contributed by atoms with Gasteiger partial charge in [-0.3, -0.25) is 0 Å². The van der Waals surface area contributed by atoms with Crippen LogP contribution in [0.15, 0.2) is 334 Å². The Morgan fingerprint density at radius 3 is 1.23 bits per heavy atom. The summed E-state index contributed by atoms with van der Waals surface area (Å²) in [6.45, 7) is 27.5. The molecule has 0 saturated carbocycles. The maximum Gasteiger partial charge on any atom is 0.252 e. The molecule has 2 aliphatic heterocycles. The Morgan fingerprint density at radius 1 is 0.272 bits per heavy atom. The number of benzene rings is 15. The molecule has 0 radical (unpaired) electrons. The summed E-state index contributed by atoms with van der Waals surface area (Å²) >= 11 is 0. The number of rotatable bonds is 11. The Morgan fingerprint density at radius 2 is 0.693 bits per heavy atom. The van der Waals surface area contributed by atoms with Gasteiger partial charge in [0.15, 0.2) is 0 Å². The fourth-order valence-corrected chi connectivity index (χ4v) is 18.0. The van der Waals surface area contributed by atoms with Crippen molar-refractivity contribution >= 4 is 118 Å². The van der Waals surface area contributed by atoms with Crippen LogP contribution in [0.25, 0.3) is 99.5 Å². The SMILES string of the molecule is CC(C)(C)c1ccc(N2c3cc(-n4c5ccc(C(C)(C)C)cc5c5cc(C(C)(C)C)ccc54)ccc3B3c4ccc(-c5cc(C(C)(C)C)ccc5-n5c6ccccc6c6ccccc65)cc4N(c4ccccc4-c4ccccc4)c4cc(-c5cc(N(c6ccccc6)c6ccccc6)ccc5C#N)cc2c43)c(-c2ccccc2)c1. The van der Waals surface area contributed by atoms with E-state index in [1.165, 1.54) is 54.7 Å². The van der Waals surface area contributed by atoms with Gasteiger partial charge in [0.25, 0.3) is 6.71 Å². The second-order valence-electron chi connectivity index (χ2n) is 35.3. The number of nitrogens with zero attached hydrogens (tertiary/aromatic N) is 6. The molecule has 17 aromatic rings. The van der Waals surface area contributed by atoms with E-state index in [0.717, 1.165) is 135 Å². The van der Waals surface area contributed by atoms with Crippen molar-refractivity contribution < 1.29 is 0 Å². The summed E-state index contributed by atoms with van der Waals surface area (Å²) in [6.07, 6.45) is 0. The van der Waals surface area contributed by atoms with Crippen molar-refractivity contribution in [1.82, 2.24) is 9.13 Å². The van der Waals surface area contributed by atoms with E-state index in [1.807, 2.05) is 6.07 Å². The molecule has 0 saturated heterocycles. The lowest BCUT2D eigenvalue weighted by molar-refractivity contribution is 0.590. The number of anilines is 9. The van der Waals surface area contributed by atoms with E-state index in [9.17, 15) is 5.26 Å². The maximum atomic E-state index is 11.9. The largest absolute Gasteiger partial charge is 0.311 e. The molecule has 114 heavy (non-hydrogen) atoms. The van der Waals surface area contributed by atoms with Crippen molar-refractivity contribution in [2.24, 2.45) is 0 Å². The van der Waals surface area contributed by atoms with E-state index in [1.54, 1.807) is 0 Å². The number of hydrogen-bond acceptors (Lipinski definition) is 4. The first kappa shape index (κ1) is 71.2. The minimum Gasteiger partial charge on any atom is -0.311 e. The van der Waals surface area contributed by atoms with E-state index < -0.39 is 0 Å². The summed E-state index contributed by atoms with van der Waals surface area (Å²) in [4.78, 5) is 7.52. The molecule has 0 amide bonds. The average Bonchev–Trinajstić information content (AvgIpc) is 0.759. The van der Waals surface area contributed by atoms with Gasteiger partial charge in [-0.05, 0) is 222 Å². The van der Waals surface area contributed by atoms with Crippen LogP contribution in [-0.4, -0.2) is 15.8 Å². The number of hydrogen-bond donors (Lipinski definition) is 0. The van der Waals surface area contributed by atoms with Crippen LogP contribution in [-0.2, 0) is 21.7 Å². The Labute approximate surface area is 670 Å². The van der Waals surface area contributed by atoms with Gasteiger partial charge in [-0.1, -0.05) is 277 Å². The van der Waals surface area contributed by atoms with Crippen LogP contribution >= 0.6 is 0 Å². The van der Waals surface area contributed by atoms with Crippen molar-refractivity contribution in [3.05, 3.63) is 361 Å². The van der Waals surface area contributed by atoms with Crippen LogP contribution in [0.3, 0.4) is 0 Å². The van der Waals surface area contributed by atoms with Crippen molar-refractivity contribution in [1.29, 1.82) is 5.26 Å². The molecule has 0 unspecified atom stereocenters. The Bertz CT molecular complexity index is 6570. The third kappa shape index (κ3) is 12.0. The fourth-order valence-electron chi connectivity index (χ4n) is 18.0. The first-order valence-electron chi connectivity index (χ1n) is 40.1. The number of aromatic nitrogens is 2. The van der Waals surface area contributed by atoms with E-state index in [0.29, 0.717) is 5.56 Å². The van der Waals surface area contributed by atoms with Gasteiger partial charge in [0.05, 0.1) is 50.8 Å². The third-order valence-electron chi connectivity index (χ3n) is 23.9. The standard InChI is InChI=1S/C107H91BN6/c1-104(2,3)74-47-55-95(86(62-74)70-33-19-14-20-34-70)114-100-67-81(111-97-57-49-76(106(7,8)9)64-88(97)89-65-77(107(10,11)12)50-58-98(89)111)52-54-91(100)108-90-53-46-71(87-63-75(105(4,5)6)48-56-96(87)112-93-43-29-26-40-83(93)84-41-27-30-44-94(84)112)59-99(90)113(92-42-28-25-39-82(92)69-31-17-13-18-32-69)101-60-73(61-102(114)103(101)108)85-66-80(51-45-72(85)68-109)110(78-35-21-15-22-36-78)79-37-23-16-24-38-79/h13-67H,1-12H3. The first-order valence-corrected chi connectivity index (χ1v) is 40.1. The van der Waals surface area contributed by atoms with E-state index >= 15 is 0 Å². The van der Waals surface area contributed by atoms with E-state index in [4.69, 9.17) is 0 Å². The van der Waals surface area contributed by atoms with E-state index in [2.05, 4.69) is 441 Å². The lowest BCUT2D eigenvalue weighted by Gasteiger charge is -2.45. The van der Waals surface area contributed by atoms with Crippen LogP contribution in [0, 0.1) is 11.3 Å². The zero-order valence-corrected chi connectivity index (χ0v) is 67.0. The lowest BCUT2D eigenvalue weighted by atomic mass is 9.33. The highest BCUT2D eigenvalue weighted by Crippen LogP contribution is 2.53. The smallest absolute Gasteiger partial charge is 0.252 e. The zero-order chi connectivity index (χ0) is 78.3. The lowest BCUT2D eigenvalue weighted by Crippen LogP contribution is -2.61. The van der Waals surface area contributed by atoms with Crippen molar-refractivity contribution in [2.75, 3.05) is 14.7 Å². The van der Waals surface area contributed by atoms with Crippen molar-refractivity contribution in [3.63, 3.8) is 0 Å². The Kier molecular flexibility index (Phi) is 16.9. The van der Waals surface area contributed by atoms with Crippen LogP contribution in [0.4, 0.5) is 51.2 Å². The van der Waals surface area contributed by atoms with Crippen molar-refractivity contribution in [3.8, 4) is 62.0 Å². The van der Waals surface area contributed by atoms with Gasteiger partial charge in [0.2, 0.25) is 0 Å². The average molecular weight is 1470 g/mol. The molecule has 2 aromatic heterocycles. The minimum atomic E-state index is -0.324. The molecule has 4 heterocycles. The summed E-state index contributed by atoms with van der Waals surface area (Å²) in [5.41, 5.74) is 32.9. The minimum absolute atomic E-state index is 0.0828. The predicted octanol–water partition coefficient (Wildman–Crippen LogP) is 27.2. The van der Waals surface area contributed by atoms with Gasteiger partial charge in [-0.2, -0.15) is 5.26 Å². The molecule has 552 valence electrons. The monoisotopic (exact) mass is 1470 g/mol. The molecule has 0 bridgehead atoms. The van der Waals surface area contributed by atoms with Crippen molar-refractivity contribution in [2.45, 2.75) is 105 Å². The van der Waals surface area contributed by atoms with Gasteiger partial charge < -0.3 is 23.8 Å². The quantitative estimate of drug-likeness (QED) is 0.121. The van der Waals surface area contributed by atoms with Gasteiger partial charge >= 0.3 is 0 Å². The molecule has 6 nitrogen and oxygen atoms in total.